The van der Waals surface area contributed by atoms with Crippen molar-refractivity contribution < 1.29 is 4.79 Å². The molecular weight excluding hydrogens is 310 g/mol. The molecule has 25 heavy (non-hydrogen) atoms. The Hall–Kier alpha value is -1.55. The van der Waals surface area contributed by atoms with Gasteiger partial charge in [-0.25, -0.2) is 0 Å². The van der Waals surface area contributed by atoms with E-state index in [0.717, 1.165) is 25.4 Å². The molecule has 1 saturated heterocycles. The molecule has 0 aromatic heterocycles. The van der Waals surface area contributed by atoms with Crippen LogP contribution in [0.5, 0.6) is 0 Å². The van der Waals surface area contributed by atoms with Gasteiger partial charge in [0.15, 0.2) is 0 Å². The molecule has 1 aromatic rings. The zero-order valence-electron chi connectivity index (χ0n) is 16.1. The van der Waals surface area contributed by atoms with Crippen LogP contribution in [-0.4, -0.2) is 43.0 Å². The lowest BCUT2D eigenvalue weighted by molar-refractivity contribution is -0.124. The first-order chi connectivity index (χ1) is 11.9. The number of fused-ring (bicyclic) bond motifs is 1. The summed E-state index contributed by atoms with van der Waals surface area (Å²) in [5, 5.41) is 0. The largest absolute Gasteiger partial charge is 0.371 e. The second-order valence-corrected chi connectivity index (χ2v) is 8.47. The summed E-state index contributed by atoms with van der Waals surface area (Å²) in [5.74, 6) is 1.68. The maximum atomic E-state index is 12.0. The third-order valence-corrected chi connectivity index (χ3v) is 6.31. The number of para-hydroxylation sites is 1. The third-order valence-electron chi connectivity index (χ3n) is 6.31. The molecule has 2 fully saturated rings. The van der Waals surface area contributed by atoms with Gasteiger partial charge in [0.2, 0.25) is 5.91 Å². The SMILES string of the molecule is Cc1ccccc1N1C[C@H]2CC[C@H](N(C)[C@@H](CC(C)C)C(N)=O)[C@H]2C1. The van der Waals surface area contributed by atoms with Crippen LogP contribution in [0.2, 0.25) is 0 Å². The summed E-state index contributed by atoms with van der Waals surface area (Å²) in [6, 6.07) is 8.99. The summed E-state index contributed by atoms with van der Waals surface area (Å²) in [6.45, 7) is 8.76. The third kappa shape index (κ3) is 3.69. The van der Waals surface area contributed by atoms with Gasteiger partial charge in [-0.05, 0) is 62.6 Å². The number of likely N-dealkylation sites (N-methyl/N-ethyl adjacent to an activating group) is 1. The minimum absolute atomic E-state index is 0.142. The van der Waals surface area contributed by atoms with Gasteiger partial charge in [-0.2, -0.15) is 0 Å². The predicted octanol–water partition coefficient (Wildman–Crippen LogP) is 3.04. The Balaban J connectivity index is 1.73. The van der Waals surface area contributed by atoms with Gasteiger partial charge >= 0.3 is 0 Å². The van der Waals surface area contributed by atoms with Crippen LogP contribution in [0.3, 0.4) is 0 Å². The molecule has 0 radical (unpaired) electrons. The lowest BCUT2D eigenvalue weighted by atomic mass is 9.94. The second kappa shape index (κ2) is 7.36. The number of primary amides is 1. The number of nitrogens with zero attached hydrogens (tertiary/aromatic N) is 2. The van der Waals surface area contributed by atoms with E-state index in [2.05, 4.69) is 61.9 Å². The first kappa shape index (κ1) is 18.2. The molecule has 4 nitrogen and oxygen atoms in total. The molecule has 4 atom stereocenters. The molecule has 0 bridgehead atoms. The van der Waals surface area contributed by atoms with Crippen molar-refractivity contribution in [1.82, 2.24) is 4.90 Å². The second-order valence-electron chi connectivity index (χ2n) is 8.47. The number of carbonyl (C=O) groups is 1. The highest BCUT2D eigenvalue weighted by Crippen LogP contribution is 2.43. The summed E-state index contributed by atoms with van der Waals surface area (Å²) in [6.07, 6.45) is 3.30. The number of hydrogen-bond acceptors (Lipinski definition) is 3. The fourth-order valence-electron chi connectivity index (χ4n) is 5.02. The molecule has 0 unspecified atom stereocenters. The van der Waals surface area contributed by atoms with Gasteiger partial charge in [0.25, 0.3) is 0 Å². The Morgan fingerprint density at radius 3 is 2.64 bits per heavy atom. The fourth-order valence-corrected chi connectivity index (χ4v) is 5.02. The van der Waals surface area contributed by atoms with Crippen molar-refractivity contribution in [2.24, 2.45) is 23.5 Å². The number of nitrogens with two attached hydrogens (primary N) is 1. The van der Waals surface area contributed by atoms with E-state index in [0.29, 0.717) is 17.9 Å². The van der Waals surface area contributed by atoms with E-state index in [4.69, 9.17) is 5.73 Å². The maximum Gasteiger partial charge on any atom is 0.234 e. The van der Waals surface area contributed by atoms with E-state index < -0.39 is 0 Å². The molecule has 3 rings (SSSR count). The van der Waals surface area contributed by atoms with Crippen LogP contribution in [0.25, 0.3) is 0 Å². The van der Waals surface area contributed by atoms with Crippen LogP contribution in [0.15, 0.2) is 24.3 Å². The highest BCUT2D eigenvalue weighted by molar-refractivity contribution is 5.79. The minimum Gasteiger partial charge on any atom is -0.371 e. The molecular formula is C21H33N3O. The van der Waals surface area contributed by atoms with Gasteiger partial charge in [0, 0.05) is 24.8 Å². The molecule has 1 heterocycles. The van der Waals surface area contributed by atoms with Crippen LogP contribution < -0.4 is 10.6 Å². The first-order valence-corrected chi connectivity index (χ1v) is 9.70. The van der Waals surface area contributed by atoms with Gasteiger partial charge < -0.3 is 10.6 Å². The maximum absolute atomic E-state index is 12.0. The van der Waals surface area contributed by atoms with Crippen molar-refractivity contribution in [3.63, 3.8) is 0 Å². The van der Waals surface area contributed by atoms with Crippen molar-refractivity contribution in [2.75, 3.05) is 25.0 Å². The number of benzene rings is 1. The van der Waals surface area contributed by atoms with Crippen LogP contribution in [-0.2, 0) is 4.79 Å². The van der Waals surface area contributed by atoms with Crippen LogP contribution >= 0.6 is 0 Å². The quantitative estimate of drug-likeness (QED) is 0.864. The Labute approximate surface area is 152 Å². The van der Waals surface area contributed by atoms with Gasteiger partial charge in [-0.1, -0.05) is 32.0 Å². The number of anilines is 1. The number of carbonyl (C=O) groups excluding carboxylic acids is 1. The zero-order chi connectivity index (χ0) is 18.1. The van der Waals surface area contributed by atoms with E-state index in [1.54, 1.807) is 0 Å². The van der Waals surface area contributed by atoms with Crippen molar-refractivity contribution >= 4 is 11.6 Å². The smallest absolute Gasteiger partial charge is 0.234 e. The van der Waals surface area contributed by atoms with E-state index >= 15 is 0 Å². The standard InChI is InChI=1S/C21H33N3O/c1-14(2)11-20(21(22)25)23(4)19-10-9-16-12-24(13-17(16)19)18-8-6-5-7-15(18)3/h5-8,14,16-17,19-20H,9-13H2,1-4H3,(H2,22,25)/t16-,17+,19+,20+/m1/s1. The Bertz CT molecular complexity index is 615. The number of aryl methyl sites for hydroxylation is 1. The van der Waals surface area contributed by atoms with Crippen LogP contribution in [0.1, 0.15) is 38.7 Å². The van der Waals surface area contributed by atoms with Crippen molar-refractivity contribution in [3.05, 3.63) is 29.8 Å². The normalized spacial score (nSPS) is 27.1. The van der Waals surface area contributed by atoms with Crippen LogP contribution in [0, 0.1) is 24.7 Å². The Morgan fingerprint density at radius 1 is 1.28 bits per heavy atom. The number of rotatable bonds is 6. The first-order valence-electron chi connectivity index (χ1n) is 9.70. The topological polar surface area (TPSA) is 49.6 Å². The molecule has 2 N–H and O–H groups in total. The van der Waals surface area contributed by atoms with Crippen LogP contribution in [0.4, 0.5) is 5.69 Å². The highest BCUT2D eigenvalue weighted by Gasteiger charge is 2.46. The van der Waals surface area contributed by atoms with E-state index in [1.165, 1.54) is 24.1 Å². The summed E-state index contributed by atoms with van der Waals surface area (Å²) in [5.41, 5.74) is 8.45. The summed E-state index contributed by atoms with van der Waals surface area (Å²) in [4.78, 5) is 16.9. The molecule has 1 saturated carbocycles. The molecule has 2 aliphatic rings. The van der Waals surface area contributed by atoms with Gasteiger partial charge in [0.1, 0.15) is 0 Å². The van der Waals surface area contributed by atoms with Crippen molar-refractivity contribution in [3.8, 4) is 0 Å². The van der Waals surface area contributed by atoms with Gasteiger partial charge in [0.05, 0.1) is 6.04 Å². The lowest BCUT2D eigenvalue weighted by Crippen LogP contribution is -2.50. The van der Waals surface area contributed by atoms with Crippen molar-refractivity contribution in [1.29, 1.82) is 0 Å². The molecule has 1 aromatic carbocycles. The fraction of sp³-hybridized carbons (Fsp3) is 0.667. The monoisotopic (exact) mass is 343 g/mol. The zero-order valence-corrected chi connectivity index (χ0v) is 16.1. The van der Waals surface area contributed by atoms with Gasteiger partial charge in [-0.15, -0.1) is 0 Å². The average molecular weight is 344 g/mol. The Kier molecular flexibility index (Phi) is 5.38. The summed E-state index contributed by atoms with van der Waals surface area (Å²) in [7, 11) is 2.11. The minimum atomic E-state index is -0.173. The van der Waals surface area contributed by atoms with E-state index in [1.807, 2.05) is 0 Å². The molecule has 4 heteroatoms. The summed E-state index contributed by atoms with van der Waals surface area (Å²) >= 11 is 0. The Morgan fingerprint density at radius 2 is 2.00 bits per heavy atom. The molecule has 138 valence electrons. The van der Waals surface area contributed by atoms with Gasteiger partial charge in [-0.3, -0.25) is 9.69 Å². The molecule has 1 aliphatic carbocycles. The van der Waals surface area contributed by atoms with Crippen molar-refractivity contribution in [2.45, 2.75) is 52.1 Å². The van der Waals surface area contributed by atoms with E-state index in [-0.39, 0.29) is 11.9 Å². The average Bonchev–Trinajstić information content (AvgIpc) is 3.12. The molecule has 1 aliphatic heterocycles. The lowest BCUT2D eigenvalue weighted by Gasteiger charge is -2.35. The number of hydrogen-bond donors (Lipinski definition) is 1. The molecule has 0 spiro atoms. The summed E-state index contributed by atoms with van der Waals surface area (Å²) < 4.78 is 0. The molecule has 1 amide bonds. The van der Waals surface area contributed by atoms with E-state index in [9.17, 15) is 4.79 Å². The number of amides is 1. The highest BCUT2D eigenvalue weighted by atomic mass is 16.1. The predicted molar refractivity (Wildman–Crippen MR) is 104 cm³/mol.